The standard InChI is InChI=1S/C16H19NOS/c1-2-4-14-12(3-1)9-16(17-14)19-10-13-7-8-15(18-13)11-5-6-11/h1-4,11,13,15H,5-10H2. The van der Waals surface area contributed by atoms with Crippen LogP contribution in [-0.4, -0.2) is 23.0 Å². The van der Waals surface area contributed by atoms with Crippen molar-refractivity contribution in [3.05, 3.63) is 29.8 Å². The van der Waals surface area contributed by atoms with Crippen molar-refractivity contribution in [2.75, 3.05) is 5.75 Å². The molecule has 3 aliphatic rings. The molecule has 2 heterocycles. The average molecular weight is 273 g/mol. The molecular weight excluding hydrogens is 254 g/mol. The molecule has 0 amide bonds. The van der Waals surface area contributed by atoms with E-state index in [1.165, 1.54) is 36.3 Å². The van der Waals surface area contributed by atoms with Crippen LogP contribution in [0.2, 0.25) is 0 Å². The number of benzene rings is 1. The minimum Gasteiger partial charge on any atom is -0.374 e. The van der Waals surface area contributed by atoms with E-state index in [0.29, 0.717) is 12.2 Å². The van der Waals surface area contributed by atoms with Crippen molar-refractivity contribution in [2.24, 2.45) is 10.9 Å². The molecule has 0 radical (unpaired) electrons. The second-order valence-electron chi connectivity index (χ2n) is 5.83. The molecule has 1 saturated carbocycles. The summed E-state index contributed by atoms with van der Waals surface area (Å²) >= 11 is 1.90. The molecule has 19 heavy (non-hydrogen) atoms. The first-order chi connectivity index (χ1) is 9.38. The zero-order valence-corrected chi connectivity index (χ0v) is 11.9. The maximum absolute atomic E-state index is 6.15. The fourth-order valence-corrected chi connectivity index (χ4v) is 4.09. The van der Waals surface area contributed by atoms with E-state index in [4.69, 9.17) is 9.73 Å². The van der Waals surface area contributed by atoms with Gasteiger partial charge in [0.1, 0.15) is 0 Å². The van der Waals surface area contributed by atoms with Crippen molar-refractivity contribution in [2.45, 2.75) is 44.3 Å². The third-order valence-electron chi connectivity index (χ3n) is 4.30. The van der Waals surface area contributed by atoms with Crippen LogP contribution < -0.4 is 0 Å². The molecule has 1 saturated heterocycles. The van der Waals surface area contributed by atoms with Gasteiger partial charge < -0.3 is 4.74 Å². The van der Waals surface area contributed by atoms with Crippen LogP contribution in [0.5, 0.6) is 0 Å². The van der Waals surface area contributed by atoms with E-state index in [1.54, 1.807) is 0 Å². The maximum atomic E-state index is 6.15. The van der Waals surface area contributed by atoms with E-state index < -0.39 is 0 Å². The highest BCUT2D eigenvalue weighted by Crippen LogP contribution is 2.41. The second-order valence-corrected chi connectivity index (χ2v) is 6.93. The van der Waals surface area contributed by atoms with E-state index in [9.17, 15) is 0 Å². The summed E-state index contributed by atoms with van der Waals surface area (Å²) in [7, 11) is 0. The molecule has 0 aromatic heterocycles. The number of ether oxygens (including phenoxy) is 1. The molecule has 4 rings (SSSR count). The highest BCUT2D eigenvalue weighted by atomic mass is 32.2. The van der Waals surface area contributed by atoms with Gasteiger partial charge >= 0.3 is 0 Å². The lowest BCUT2D eigenvalue weighted by Crippen LogP contribution is -2.15. The number of fused-ring (bicyclic) bond motifs is 1. The van der Waals surface area contributed by atoms with Crippen molar-refractivity contribution < 1.29 is 4.74 Å². The first-order valence-corrected chi connectivity index (χ1v) is 8.31. The number of hydrogen-bond acceptors (Lipinski definition) is 3. The van der Waals surface area contributed by atoms with Gasteiger partial charge in [-0.2, -0.15) is 0 Å². The van der Waals surface area contributed by atoms with Crippen LogP contribution in [0.3, 0.4) is 0 Å². The topological polar surface area (TPSA) is 21.6 Å². The van der Waals surface area contributed by atoms with Gasteiger partial charge in [-0.15, -0.1) is 11.8 Å². The predicted molar refractivity (Wildman–Crippen MR) is 80.3 cm³/mol. The van der Waals surface area contributed by atoms with E-state index >= 15 is 0 Å². The number of para-hydroxylation sites is 1. The van der Waals surface area contributed by atoms with Crippen LogP contribution >= 0.6 is 11.8 Å². The van der Waals surface area contributed by atoms with Gasteiger partial charge in [-0.25, -0.2) is 4.99 Å². The number of thioether (sulfide) groups is 1. The first-order valence-electron chi connectivity index (χ1n) is 7.32. The number of rotatable bonds is 3. The Labute approximate surface area is 118 Å². The normalized spacial score (nSPS) is 29.4. The van der Waals surface area contributed by atoms with Crippen LogP contribution in [0.15, 0.2) is 29.3 Å². The lowest BCUT2D eigenvalue weighted by atomic mass is 10.1. The van der Waals surface area contributed by atoms with Gasteiger partial charge in [-0.05, 0) is 43.2 Å². The summed E-state index contributed by atoms with van der Waals surface area (Å²) in [6.45, 7) is 0. The van der Waals surface area contributed by atoms with E-state index in [0.717, 1.165) is 23.8 Å². The summed E-state index contributed by atoms with van der Waals surface area (Å²) in [5.41, 5.74) is 2.53. The monoisotopic (exact) mass is 273 g/mol. The third-order valence-corrected chi connectivity index (χ3v) is 5.41. The number of nitrogens with zero attached hydrogens (tertiary/aromatic N) is 1. The molecular formula is C16H19NOS. The molecule has 2 unspecified atom stereocenters. The van der Waals surface area contributed by atoms with Gasteiger partial charge in [0.15, 0.2) is 0 Å². The highest BCUT2D eigenvalue weighted by molar-refractivity contribution is 8.14. The minimum atomic E-state index is 0.460. The van der Waals surface area contributed by atoms with Crippen LogP contribution in [-0.2, 0) is 11.2 Å². The zero-order valence-electron chi connectivity index (χ0n) is 11.0. The van der Waals surface area contributed by atoms with Crippen LogP contribution in [0.25, 0.3) is 0 Å². The van der Waals surface area contributed by atoms with E-state index in [2.05, 4.69) is 24.3 Å². The lowest BCUT2D eigenvalue weighted by Gasteiger charge is -2.12. The molecule has 3 heteroatoms. The van der Waals surface area contributed by atoms with Gasteiger partial charge in [-0.1, -0.05) is 18.2 Å². The molecule has 0 bridgehead atoms. The fourth-order valence-electron chi connectivity index (χ4n) is 3.05. The maximum Gasteiger partial charge on any atom is 0.0784 e. The predicted octanol–water partition coefficient (Wildman–Crippen LogP) is 3.96. The Hall–Kier alpha value is -0.800. The summed E-state index contributed by atoms with van der Waals surface area (Å²) in [5, 5.41) is 1.26. The van der Waals surface area contributed by atoms with Gasteiger partial charge in [0.05, 0.1) is 22.9 Å². The molecule has 0 N–H and O–H groups in total. The second kappa shape index (κ2) is 4.95. The Bertz CT molecular complexity index is 509. The number of hydrogen-bond donors (Lipinski definition) is 0. The largest absolute Gasteiger partial charge is 0.374 e. The molecule has 2 nitrogen and oxygen atoms in total. The average Bonchev–Trinajstić information content (AvgIpc) is 3.03. The Morgan fingerprint density at radius 1 is 1.16 bits per heavy atom. The molecule has 2 fully saturated rings. The van der Waals surface area contributed by atoms with Gasteiger partial charge in [0.2, 0.25) is 0 Å². The summed E-state index contributed by atoms with van der Waals surface area (Å²) in [6, 6.07) is 8.46. The number of aliphatic imine (C=N–C) groups is 1. The van der Waals surface area contributed by atoms with Crippen LogP contribution in [0.1, 0.15) is 31.2 Å². The summed E-state index contributed by atoms with van der Waals surface area (Å²) < 4.78 is 6.15. The van der Waals surface area contributed by atoms with Gasteiger partial charge in [0.25, 0.3) is 0 Å². The molecule has 100 valence electrons. The molecule has 2 aliphatic heterocycles. The van der Waals surface area contributed by atoms with Crippen molar-refractivity contribution in [3.63, 3.8) is 0 Å². The SMILES string of the molecule is c1ccc2c(c1)CC(SCC1CCC(C3CC3)O1)=N2. The summed E-state index contributed by atoms with van der Waals surface area (Å²) in [6.07, 6.45) is 7.37. The van der Waals surface area contributed by atoms with Crippen molar-refractivity contribution >= 4 is 22.5 Å². The fraction of sp³-hybridized carbons (Fsp3) is 0.562. The van der Waals surface area contributed by atoms with Gasteiger partial charge in [0, 0.05) is 12.2 Å². The molecule has 1 aromatic rings. The Morgan fingerprint density at radius 2 is 2.05 bits per heavy atom. The van der Waals surface area contributed by atoms with Crippen LogP contribution in [0.4, 0.5) is 5.69 Å². The van der Waals surface area contributed by atoms with Crippen molar-refractivity contribution in [1.82, 2.24) is 0 Å². The molecule has 0 spiro atoms. The third kappa shape index (κ3) is 2.59. The Balaban J connectivity index is 1.30. The molecule has 1 aliphatic carbocycles. The van der Waals surface area contributed by atoms with Gasteiger partial charge in [-0.3, -0.25) is 0 Å². The molecule has 1 aromatic carbocycles. The minimum absolute atomic E-state index is 0.460. The lowest BCUT2D eigenvalue weighted by molar-refractivity contribution is 0.0455. The van der Waals surface area contributed by atoms with E-state index in [-0.39, 0.29) is 0 Å². The Morgan fingerprint density at radius 3 is 2.89 bits per heavy atom. The highest BCUT2D eigenvalue weighted by Gasteiger charge is 2.37. The zero-order chi connectivity index (χ0) is 12.7. The van der Waals surface area contributed by atoms with Crippen molar-refractivity contribution in [1.29, 1.82) is 0 Å². The Kier molecular flexibility index (Phi) is 3.12. The quantitative estimate of drug-likeness (QED) is 0.831. The van der Waals surface area contributed by atoms with Crippen LogP contribution in [0, 0.1) is 5.92 Å². The van der Waals surface area contributed by atoms with Crippen molar-refractivity contribution in [3.8, 4) is 0 Å². The first kappa shape index (κ1) is 12.0. The summed E-state index contributed by atoms with van der Waals surface area (Å²) in [4.78, 5) is 4.70. The molecule has 2 atom stereocenters. The smallest absolute Gasteiger partial charge is 0.0784 e. The summed E-state index contributed by atoms with van der Waals surface area (Å²) in [5.74, 6) is 1.97. The van der Waals surface area contributed by atoms with E-state index in [1.807, 2.05) is 11.8 Å².